The van der Waals surface area contributed by atoms with Crippen LogP contribution in [-0.2, 0) is 6.18 Å². The van der Waals surface area contributed by atoms with Crippen LogP contribution in [0.3, 0.4) is 0 Å². The molecule has 0 aliphatic rings. The van der Waals surface area contributed by atoms with Gasteiger partial charge in [0.2, 0.25) is 0 Å². The number of hydrogen-bond acceptors (Lipinski definition) is 3. The molecule has 2 aromatic heterocycles. The number of alkyl halides is 3. The molecule has 0 saturated heterocycles. The Hall–Kier alpha value is -3.99. The van der Waals surface area contributed by atoms with Crippen LogP contribution in [0, 0.1) is 11.3 Å². The fraction of sp³-hybridized carbons (Fsp3) is 0.0909. The maximum Gasteiger partial charge on any atom is 0.416 e. The number of aromatic amines is 1. The number of nitriles is 1. The van der Waals surface area contributed by atoms with Crippen LogP contribution < -0.4 is 4.74 Å². The Labute approximate surface area is 169 Å². The Kier molecular flexibility index (Phi) is 4.80. The third-order valence-electron chi connectivity index (χ3n) is 4.59. The molecule has 2 aromatic carbocycles. The van der Waals surface area contributed by atoms with Crippen molar-refractivity contribution in [1.82, 2.24) is 14.5 Å². The summed E-state index contributed by atoms with van der Waals surface area (Å²) in [6.45, 7) is 0. The molecule has 0 bridgehead atoms. The summed E-state index contributed by atoms with van der Waals surface area (Å²) in [7, 11) is 1.56. The van der Waals surface area contributed by atoms with Crippen molar-refractivity contribution in [3.63, 3.8) is 0 Å². The Balaban J connectivity index is 1.75. The highest BCUT2D eigenvalue weighted by molar-refractivity contribution is 5.90. The van der Waals surface area contributed by atoms with Crippen LogP contribution in [-0.4, -0.2) is 21.6 Å². The molecule has 0 aliphatic heterocycles. The molecule has 0 aliphatic carbocycles. The van der Waals surface area contributed by atoms with E-state index >= 15 is 0 Å². The van der Waals surface area contributed by atoms with Crippen molar-refractivity contribution >= 4 is 22.7 Å². The minimum atomic E-state index is -4.44. The van der Waals surface area contributed by atoms with Gasteiger partial charge in [-0.05, 0) is 48.5 Å². The van der Waals surface area contributed by atoms with Gasteiger partial charge in [0.05, 0.1) is 29.3 Å². The number of benzene rings is 2. The first-order valence-corrected chi connectivity index (χ1v) is 8.90. The molecule has 4 aromatic rings. The molecule has 4 rings (SSSR count). The van der Waals surface area contributed by atoms with E-state index in [-0.39, 0.29) is 5.57 Å². The predicted octanol–water partition coefficient (Wildman–Crippen LogP) is 5.45. The SMILES string of the molecule is COc1ccc2nc(/C(C#N)=C\c3cccn3-c3cccc(C(F)(F)F)c3)[nH]c2c1. The van der Waals surface area contributed by atoms with E-state index in [0.717, 1.165) is 12.1 Å². The summed E-state index contributed by atoms with van der Waals surface area (Å²) >= 11 is 0. The van der Waals surface area contributed by atoms with Crippen molar-refractivity contribution in [2.45, 2.75) is 6.18 Å². The van der Waals surface area contributed by atoms with E-state index < -0.39 is 11.7 Å². The molecule has 0 fully saturated rings. The van der Waals surface area contributed by atoms with Crippen LogP contribution in [0.5, 0.6) is 5.75 Å². The van der Waals surface area contributed by atoms with Crippen LogP contribution in [0.1, 0.15) is 17.1 Å². The van der Waals surface area contributed by atoms with Gasteiger partial charge in [-0.25, -0.2) is 4.98 Å². The van der Waals surface area contributed by atoms with E-state index in [4.69, 9.17) is 4.74 Å². The largest absolute Gasteiger partial charge is 0.497 e. The highest BCUT2D eigenvalue weighted by Gasteiger charge is 2.30. The Morgan fingerprint density at radius 1 is 1.17 bits per heavy atom. The lowest BCUT2D eigenvalue weighted by Crippen LogP contribution is -2.06. The number of allylic oxidation sites excluding steroid dienone is 1. The Bertz CT molecular complexity index is 1290. The van der Waals surface area contributed by atoms with Gasteiger partial charge in [-0.2, -0.15) is 18.4 Å². The lowest BCUT2D eigenvalue weighted by molar-refractivity contribution is -0.137. The van der Waals surface area contributed by atoms with Crippen molar-refractivity contribution in [3.8, 4) is 17.5 Å². The highest BCUT2D eigenvalue weighted by Crippen LogP contribution is 2.31. The van der Waals surface area contributed by atoms with Gasteiger partial charge in [-0.15, -0.1) is 0 Å². The fourth-order valence-electron chi connectivity index (χ4n) is 3.12. The molecule has 0 spiro atoms. The third kappa shape index (κ3) is 3.65. The van der Waals surface area contributed by atoms with Crippen molar-refractivity contribution in [2.24, 2.45) is 0 Å². The van der Waals surface area contributed by atoms with E-state index in [1.165, 1.54) is 6.07 Å². The minimum absolute atomic E-state index is 0.247. The van der Waals surface area contributed by atoms with Gasteiger partial charge in [0.15, 0.2) is 0 Å². The van der Waals surface area contributed by atoms with Crippen molar-refractivity contribution in [1.29, 1.82) is 5.26 Å². The molecule has 30 heavy (non-hydrogen) atoms. The van der Waals surface area contributed by atoms with Crippen molar-refractivity contribution < 1.29 is 17.9 Å². The van der Waals surface area contributed by atoms with Crippen LogP contribution in [0.15, 0.2) is 60.8 Å². The second-order valence-corrected chi connectivity index (χ2v) is 6.49. The summed E-state index contributed by atoms with van der Waals surface area (Å²) < 4.78 is 46.0. The number of nitrogens with one attached hydrogen (secondary N) is 1. The maximum atomic E-state index is 13.1. The van der Waals surface area contributed by atoms with E-state index in [0.29, 0.717) is 34.0 Å². The number of rotatable bonds is 4. The number of imidazole rings is 1. The molecule has 0 radical (unpaired) electrons. The quantitative estimate of drug-likeness (QED) is 0.457. The maximum absolute atomic E-state index is 13.1. The monoisotopic (exact) mass is 408 g/mol. The zero-order valence-electron chi connectivity index (χ0n) is 15.7. The first kappa shape index (κ1) is 19.3. The van der Waals surface area contributed by atoms with E-state index in [2.05, 4.69) is 16.0 Å². The van der Waals surface area contributed by atoms with Gasteiger partial charge in [0, 0.05) is 23.6 Å². The lowest BCUT2D eigenvalue weighted by Gasteiger charge is -2.11. The normalized spacial score (nSPS) is 12.2. The average Bonchev–Trinajstić information content (AvgIpc) is 3.37. The van der Waals surface area contributed by atoms with Crippen LogP contribution in [0.2, 0.25) is 0 Å². The van der Waals surface area contributed by atoms with Gasteiger partial charge < -0.3 is 14.3 Å². The summed E-state index contributed by atoms with van der Waals surface area (Å²) in [4.78, 5) is 7.51. The lowest BCUT2D eigenvalue weighted by atomic mass is 10.2. The third-order valence-corrected chi connectivity index (χ3v) is 4.59. The van der Waals surface area contributed by atoms with Crippen LogP contribution >= 0.6 is 0 Å². The summed E-state index contributed by atoms with van der Waals surface area (Å²) in [5, 5.41) is 9.66. The summed E-state index contributed by atoms with van der Waals surface area (Å²) in [6.07, 6.45) is -1.22. The number of nitrogens with zero attached hydrogens (tertiary/aromatic N) is 3. The van der Waals surface area contributed by atoms with E-state index in [1.54, 1.807) is 60.3 Å². The zero-order chi connectivity index (χ0) is 21.3. The number of H-pyrrole nitrogens is 1. The average molecular weight is 408 g/mol. The standard InChI is InChI=1S/C22H15F3N4O/c1-30-18-7-8-19-20(12-18)28-21(27-19)14(13-26)10-16-6-3-9-29(16)17-5-2-4-15(11-17)22(23,24)25/h2-12H,1H3,(H,27,28)/b14-10-. The molecule has 5 nitrogen and oxygen atoms in total. The molecule has 0 amide bonds. The molecular formula is C22H15F3N4O. The second-order valence-electron chi connectivity index (χ2n) is 6.49. The summed E-state index contributed by atoms with van der Waals surface area (Å²) in [6, 6.07) is 15.8. The van der Waals surface area contributed by atoms with Crippen molar-refractivity contribution in [3.05, 3.63) is 77.9 Å². The van der Waals surface area contributed by atoms with Gasteiger partial charge in [-0.3, -0.25) is 0 Å². The predicted molar refractivity (Wildman–Crippen MR) is 107 cm³/mol. The second kappa shape index (κ2) is 7.44. The Morgan fingerprint density at radius 2 is 2.00 bits per heavy atom. The summed E-state index contributed by atoms with van der Waals surface area (Å²) in [5.41, 5.74) is 1.77. The molecule has 0 saturated carbocycles. The van der Waals surface area contributed by atoms with Crippen LogP contribution in [0.4, 0.5) is 13.2 Å². The molecule has 0 atom stereocenters. The van der Waals surface area contributed by atoms with Gasteiger partial charge >= 0.3 is 6.18 Å². The molecule has 150 valence electrons. The highest BCUT2D eigenvalue weighted by atomic mass is 19.4. The number of halogens is 3. The summed E-state index contributed by atoms with van der Waals surface area (Å²) in [5.74, 6) is 1.01. The van der Waals surface area contributed by atoms with Gasteiger partial charge in [0.1, 0.15) is 17.6 Å². The number of hydrogen-bond donors (Lipinski definition) is 1. The van der Waals surface area contributed by atoms with E-state index in [9.17, 15) is 18.4 Å². The number of methoxy groups -OCH3 is 1. The number of aromatic nitrogens is 3. The number of fused-ring (bicyclic) bond motifs is 1. The Morgan fingerprint density at radius 3 is 2.73 bits per heavy atom. The van der Waals surface area contributed by atoms with Gasteiger partial charge in [0.25, 0.3) is 0 Å². The van der Waals surface area contributed by atoms with Crippen LogP contribution in [0.25, 0.3) is 28.4 Å². The fourth-order valence-corrected chi connectivity index (χ4v) is 3.12. The van der Waals surface area contributed by atoms with E-state index in [1.807, 2.05) is 0 Å². The number of ether oxygens (including phenoxy) is 1. The first-order chi connectivity index (χ1) is 14.4. The molecular weight excluding hydrogens is 393 g/mol. The molecule has 8 heteroatoms. The topological polar surface area (TPSA) is 66.6 Å². The molecule has 2 heterocycles. The molecule has 1 N–H and O–H groups in total. The minimum Gasteiger partial charge on any atom is -0.497 e. The smallest absolute Gasteiger partial charge is 0.416 e. The van der Waals surface area contributed by atoms with Crippen molar-refractivity contribution in [2.75, 3.05) is 7.11 Å². The van der Waals surface area contributed by atoms with Gasteiger partial charge in [-0.1, -0.05) is 6.07 Å². The zero-order valence-corrected chi connectivity index (χ0v) is 15.7. The molecule has 0 unspecified atom stereocenters. The first-order valence-electron chi connectivity index (χ1n) is 8.90.